The molecule has 0 spiro atoms. The van der Waals surface area contributed by atoms with Crippen LogP contribution in [0.15, 0.2) is 41.8 Å². The maximum atomic E-state index is 12.6. The van der Waals surface area contributed by atoms with E-state index in [2.05, 4.69) is 5.32 Å². The molecule has 0 saturated carbocycles. The Balaban J connectivity index is 1.78. The summed E-state index contributed by atoms with van der Waals surface area (Å²) in [6.07, 6.45) is -0.786. The van der Waals surface area contributed by atoms with E-state index in [9.17, 15) is 14.4 Å². The number of rotatable bonds is 4. The van der Waals surface area contributed by atoms with Gasteiger partial charge in [0.2, 0.25) is 0 Å². The molecule has 0 radical (unpaired) electrons. The Morgan fingerprint density at radius 2 is 1.89 bits per heavy atom. The fourth-order valence-corrected chi connectivity index (χ4v) is 2.88. The summed E-state index contributed by atoms with van der Waals surface area (Å²) in [5.74, 6) is -1.31. The summed E-state index contributed by atoms with van der Waals surface area (Å²) in [6.45, 7) is 5.19. The average molecular weight is 374 g/mol. The molecule has 2 heterocycles. The predicted octanol–water partition coefficient (Wildman–Crippen LogP) is 1.18. The van der Waals surface area contributed by atoms with Gasteiger partial charge in [0.05, 0.1) is 7.11 Å². The van der Waals surface area contributed by atoms with Crippen molar-refractivity contribution < 1.29 is 28.6 Å². The highest BCUT2D eigenvalue weighted by Gasteiger charge is 2.56. The van der Waals surface area contributed by atoms with Crippen molar-refractivity contribution in [1.29, 1.82) is 0 Å². The van der Waals surface area contributed by atoms with Gasteiger partial charge in [-0.25, -0.2) is 4.79 Å². The van der Waals surface area contributed by atoms with Crippen molar-refractivity contribution in [3.8, 4) is 0 Å². The number of nitrogens with zero attached hydrogens (tertiary/aromatic N) is 1. The van der Waals surface area contributed by atoms with E-state index >= 15 is 0 Å². The lowest BCUT2D eigenvalue weighted by molar-refractivity contribution is -0.189. The van der Waals surface area contributed by atoms with E-state index in [4.69, 9.17) is 14.2 Å². The highest BCUT2D eigenvalue weighted by atomic mass is 16.6. The molecule has 0 aromatic heterocycles. The molecular weight excluding hydrogens is 352 g/mol. The second kappa shape index (κ2) is 7.03. The van der Waals surface area contributed by atoms with Gasteiger partial charge in [-0.05, 0) is 32.9 Å². The first-order valence-corrected chi connectivity index (χ1v) is 8.54. The number of hydrogen-bond donors (Lipinski definition) is 1. The van der Waals surface area contributed by atoms with Crippen molar-refractivity contribution in [2.24, 2.45) is 0 Å². The zero-order valence-corrected chi connectivity index (χ0v) is 15.6. The second-order valence-electron chi connectivity index (χ2n) is 7.20. The Bertz CT molecular complexity index is 796. The highest BCUT2D eigenvalue weighted by Crippen LogP contribution is 2.34. The predicted molar refractivity (Wildman–Crippen MR) is 94.2 cm³/mol. The monoisotopic (exact) mass is 374 g/mol. The molecule has 0 unspecified atom stereocenters. The van der Waals surface area contributed by atoms with Gasteiger partial charge in [0, 0.05) is 5.56 Å². The van der Waals surface area contributed by atoms with Crippen LogP contribution in [0.3, 0.4) is 0 Å². The third-order valence-electron chi connectivity index (χ3n) is 4.09. The number of esters is 1. The zero-order chi connectivity index (χ0) is 19.8. The van der Waals surface area contributed by atoms with Crippen LogP contribution in [0.4, 0.5) is 0 Å². The molecule has 1 saturated heterocycles. The minimum absolute atomic E-state index is 0.00275. The van der Waals surface area contributed by atoms with Crippen molar-refractivity contribution in [2.45, 2.75) is 38.6 Å². The van der Waals surface area contributed by atoms with E-state index in [-0.39, 0.29) is 18.1 Å². The molecule has 144 valence electrons. The number of fused-ring (bicyclic) bond motifs is 1. The molecule has 2 amide bonds. The first-order valence-electron chi connectivity index (χ1n) is 8.54. The normalized spacial score (nSPS) is 21.9. The van der Waals surface area contributed by atoms with Gasteiger partial charge in [0.25, 0.3) is 11.8 Å². The van der Waals surface area contributed by atoms with Crippen LogP contribution in [0.25, 0.3) is 0 Å². The van der Waals surface area contributed by atoms with Crippen LogP contribution in [-0.4, -0.2) is 54.3 Å². The second-order valence-corrected chi connectivity index (χ2v) is 7.20. The summed E-state index contributed by atoms with van der Waals surface area (Å²) in [4.78, 5) is 38.7. The summed E-state index contributed by atoms with van der Waals surface area (Å²) in [7, 11) is 1.39. The van der Waals surface area contributed by atoms with Crippen LogP contribution >= 0.6 is 0 Å². The number of carbonyl (C=O) groups is 3. The fraction of sp³-hybridized carbons (Fsp3) is 0.421. The van der Waals surface area contributed by atoms with Gasteiger partial charge in [-0.3, -0.25) is 14.5 Å². The fourth-order valence-electron chi connectivity index (χ4n) is 2.88. The molecule has 27 heavy (non-hydrogen) atoms. The van der Waals surface area contributed by atoms with E-state index in [1.54, 1.807) is 51.1 Å². The molecule has 3 rings (SSSR count). The Hall–Kier alpha value is -2.87. The number of β-lactam (4-membered cyclic amide) rings is 1. The standard InChI is InChI=1S/C19H22N2O6/c1-19(2,3)27-18(24)14-12(25-4)10-26-17-13(16(23)21(14)17)20-15(22)11-8-6-5-7-9-11/h5-9,13,17H,10H2,1-4H3,(H,20,22)/t13-,17+/m0/s1. The van der Waals surface area contributed by atoms with Gasteiger partial charge in [-0.15, -0.1) is 0 Å². The smallest absolute Gasteiger partial charge is 0.359 e. The number of hydrogen-bond acceptors (Lipinski definition) is 6. The molecule has 8 nitrogen and oxygen atoms in total. The number of ether oxygens (including phenoxy) is 3. The Kier molecular flexibility index (Phi) is 4.93. The number of amides is 2. The van der Waals surface area contributed by atoms with Crippen molar-refractivity contribution in [1.82, 2.24) is 10.2 Å². The molecule has 0 aliphatic carbocycles. The van der Waals surface area contributed by atoms with E-state index in [1.807, 2.05) is 0 Å². The zero-order valence-electron chi connectivity index (χ0n) is 15.6. The van der Waals surface area contributed by atoms with Gasteiger partial charge < -0.3 is 19.5 Å². The first kappa shape index (κ1) is 18.9. The van der Waals surface area contributed by atoms with Gasteiger partial charge >= 0.3 is 5.97 Å². The molecule has 1 fully saturated rings. The number of methoxy groups -OCH3 is 1. The maximum absolute atomic E-state index is 12.6. The highest BCUT2D eigenvalue weighted by molar-refractivity contribution is 6.03. The first-order chi connectivity index (χ1) is 12.7. The SMILES string of the molecule is COC1=C(C(=O)OC(C)(C)C)N2C(=O)[C@H](NC(=O)c3ccccc3)[C@H]2OC1. The van der Waals surface area contributed by atoms with Gasteiger partial charge in [0.15, 0.2) is 23.7 Å². The van der Waals surface area contributed by atoms with Gasteiger partial charge in [-0.2, -0.15) is 0 Å². The van der Waals surface area contributed by atoms with Crippen LogP contribution in [-0.2, 0) is 23.8 Å². The Morgan fingerprint density at radius 3 is 2.48 bits per heavy atom. The summed E-state index contributed by atoms with van der Waals surface area (Å²) in [5, 5.41) is 2.65. The lowest BCUT2D eigenvalue weighted by atomic mass is 10.00. The summed E-state index contributed by atoms with van der Waals surface area (Å²) >= 11 is 0. The third kappa shape index (κ3) is 3.66. The van der Waals surface area contributed by atoms with E-state index in [0.29, 0.717) is 5.56 Å². The van der Waals surface area contributed by atoms with Crippen molar-refractivity contribution in [3.63, 3.8) is 0 Å². The molecular formula is C19H22N2O6. The summed E-state index contributed by atoms with van der Waals surface area (Å²) in [6, 6.07) is 7.67. The van der Waals surface area contributed by atoms with E-state index in [0.717, 1.165) is 0 Å². The average Bonchev–Trinajstić information content (AvgIpc) is 2.63. The van der Waals surface area contributed by atoms with Crippen LogP contribution in [0.2, 0.25) is 0 Å². The topological polar surface area (TPSA) is 94.2 Å². The van der Waals surface area contributed by atoms with Crippen LogP contribution in [0.1, 0.15) is 31.1 Å². The Morgan fingerprint density at radius 1 is 1.22 bits per heavy atom. The number of carbonyl (C=O) groups excluding carboxylic acids is 3. The van der Waals surface area contributed by atoms with Crippen LogP contribution in [0, 0.1) is 0 Å². The molecule has 2 atom stereocenters. The molecule has 2 aliphatic heterocycles. The molecule has 0 bridgehead atoms. The lowest BCUT2D eigenvalue weighted by Gasteiger charge is -2.49. The summed E-state index contributed by atoms with van der Waals surface area (Å²) < 4.78 is 16.2. The van der Waals surface area contributed by atoms with Gasteiger partial charge in [-0.1, -0.05) is 18.2 Å². The molecule has 1 aromatic carbocycles. The van der Waals surface area contributed by atoms with Crippen molar-refractivity contribution >= 4 is 17.8 Å². The van der Waals surface area contributed by atoms with Crippen LogP contribution in [0.5, 0.6) is 0 Å². The quantitative estimate of drug-likeness (QED) is 0.628. The third-order valence-corrected chi connectivity index (χ3v) is 4.09. The molecule has 1 aromatic rings. The minimum atomic E-state index is -0.881. The maximum Gasteiger partial charge on any atom is 0.359 e. The molecule has 1 N–H and O–H groups in total. The summed E-state index contributed by atoms with van der Waals surface area (Å²) in [5.41, 5.74) is -0.287. The molecule has 2 aliphatic rings. The van der Waals surface area contributed by atoms with Crippen LogP contribution < -0.4 is 5.32 Å². The van der Waals surface area contributed by atoms with E-state index < -0.39 is 35.7 Å². The van der Waals surface area contributed by atoms with Crippen molar-refractivity contribution in [2.75, 3.05) is 13.7 Å². The van der Waals surface area contributed by atoms with Crippen molar-refractivity contribution in [3.05, 3.63) is 47.4 Å². The largest absolute Gasteiger partial charge is 0.496 e. The van der Waals surface area contributed by atoms with Gasteiger partial charge in [0.1, 0.15) is 12.2 Å². The molecule has 8 heteroatoms. The Labute approximate surface area is 157 Å². The number of nitrogens with one attached hydrogen (secondary N) is 1. The number of benzene rings is 1. The van der Waals surface area contributed by atoms with E-state index in [1.165, 1.54) is 12.0 Å². The lowest BCUT2D eigenvalue weighted by Crippen LogP contribution is -2.73. The minimum Gasteiger partial charge on any atom is -0.496 e.